The standard InChI is InChI=1S/C24H30N6O2/c1-2-32-21(31)14-30-13-20(12-26-30)27-23-25-11-19-3-4-29(22(19)28-23)15-24-8-16-5-17(9-24)7-18(6-16)10-24/h3-4,11-13,16-18H,2,5-10,14-15H2,1H3,(H,25,27,28). The minimum Gasteiger partial charge on any atom is -0.465 e. The number of hydrogen-bond donors (Lipinski definition) is 1. The van der Waals surface area contributed by atoms with Gasteiger partial charge < -0.3 is 14.6 Å². The van der Waals surface area contributed by atoms with Gasteiger partial charge in [-0.3, -0.25) is 9.48 Å². The molecule has 4 bridgehead atoms. The van der Waals surface area contributed by atoms with Crippen LogP contribution in [-0.4, -0.2) is 36.9 Å². The van der Waals surface area contributed by atoms with E-state index in [-0.39, 0.29) is 12.5 Å². The van der Waals surface area contributed by atoms with Gasteiger partial charge in [0, 0.05) is 30.5 Å². The van der Waals surface area contributed by atoms with E-state index >= 15 is 0 Å². The van der Waals surface area contributed by atoms with E-state index in [1.54, 1.807) is 24.0 Å². The van der Waals surface area contributed by atoms with Crippen molar-refractivity contribution < 1.29 is 9.53 Å². The Kier molecular flexibility index (Phi) is 4.69. The van der Waals surface area contributed by atoms with Crippen molar-refractivity contribution >= 4 is 28.6 Å². The zero-order valence-electron chi connectivity index (χ0n) is 18.5. The third-order valence-corrected chi connectivity index (χ3v) is 7.66. The number of anilines is 2. The average Bonchev–Trinajstić information content (AvgIpc) is 3.33. The van der Waals surface area contributed by atoms with E-state index in [0.29, 0.717) is 18.0 Å². The maximum absolute atomic E-state index is 11.7. The first kappa shape index (κ1) is 19.8. The first-order chi connectivity index (χ1) is 15.6. The molecule has 0 radical (unpaired) electrons. The lowest BCUT2D eigenvalue weighted by Crippen LogP contribution is -2.47. The van der Waals surface area contributed by atoms with E-state index < -0.39 is 0 Å². The monoisotopic (exact) mass is 434 g/mol. The molecule has 0 aromatic carbocycles. The summed E-state index contributed by atoms with van der Waals surface area (Å²) in [5, 5.41) is 8.51. The van der Waals surface area contributed by atoms with Crippen LogP contribution < -0.4 is 5.32 Å². The number of rotatable bonds is 7. The lowest BCUT2D eigenvalue weighted by Gasteiger charge is -2.57. The van der Waals surface area contributed by atoms with Crippen LogP contribution in [0.1, 0.15) is 45.4 Å². The van der Waals surface area contributed by atoms with E-state index in [2.05, 4.69) is 32.2 Å². The fourth-order valence-corrected chi connectivity index (χ4v) is 6.99. The fraction of sp³-hybridized carbons (Fsp3) is 0.583. The molecule has 168 valence electrons. The second kappa shape index (κ2) is 7.60. The minimum absolute atomic E-state index is 0.0866. The number of hydrogen-bond acceptors (Lipinski definition) is 6. The smallest absolute Gasteiger partial charge is 0.327 e. The molecule has 3 aromatic rings. The van der Waals surface area contributed by atoms with E-state index in [4.69, 9.17) is 9.72 Å². The van der Waals surface area contributed by atoms with E-state index in [1.165, 1.54) is 38.5 Å². The number of ether oxygens (including phenoxy) is 1. The van der Waals surface area contributed by atoms with Crippen LogP contribution in [-0.2, 0) is 22.6 Å². The summed E-state index contributed by atoms with van der Waals surface area (Å²) in [7, 11) is 0. The van der Waals surface area contributed by atoms with Crippen LogP contribution in [0.5, 0.6) is 0 Å². The Hall–Kier alpha value is -2.90. The average molecular weight is 435 g/mol. The topological polar surface area (TPSA) is 86.9 Å². The van der Waals surface area contributed by atoms with Crippen molar-refractivity contribution in [2.75, 3.05) is 11.9 Å². The molecule has 0 saturated heterocycles. The van der Waals surface area contributed by atoms with E-state index in [1.807, 2.05) is 6.20 Å². The highest BCUT2D eigenvalue weighted by Crippen LogP contribution is 2.60. The molecule has 3 heterocycles. The Morgan fingerprint density at radius 1 is 1.19 bits per heavy atom. The van der Waals surface area contributed by atoms with E-state index in [0.717, 1.165) is 41.0 Å². The number of nitrogens with one attached hydrogen (secondary N) is 1. The number of aromatic nitrogens is 5. The summed E-state index contributed by atoms with van der Waals surface area (Å²) in [6.07, 6.45) is 16.0. The lowest BCUT2D eigenvalue weighted by molar-refractivity contribution is -0.144. The van der Waals surface area contributed by atoms with Crippen LogP contribution in [0.4, 0.5) is 11.6 Å². The normalized spacial score (nSPS) is 28.3. The summed E-state index contributed by atoms with van der Waals surface area (Å²) in [4.78, 5) is 21.0. The van der Waals surface area contributed by atoms with Crippen molar-refractivity contribution in [3.63, 3.8) is 0 Å². The van der Waals surface area contributed by atoms with Crippen LogP contribution in [0, 0.1) is 23.2 Å². The summed E-state index contributed by atoms with van der Waals surface area (Å²) in [6.45, 7) is 3.31. The summed E-state index contributed by atoms with van der Waals surface area (Å²) >= 11 is 0. The predicted octanol–water partition coefficient (Wildman–Crippen LogP) is 4.15. The van der Waals surface area contributed by atoms with Crippen molar-refractivity contribution in [2.24, 2.45) is 23.2 Å². The Morgan fingerprint density at radius 3 is 2.66 bits per heavy atom. The molecule has 1 N–H and O–H groups in total. The van der Waals surface area contributed by atoms with Crippen molar-refractivity contribution in [3.8, 4) is 0 Å². The molecule has 0 spiro atoms. The molecule has 0 atom stereocenters. The van der Waals surface area contributed by atoms with Gasteiger partial charge in [-0.25, -0.2) is 4.98 Å². The molecule has 0 amide bonds. The van der Waals surface area contributed by atoms with Gasteiger partial charge >= 0.3 is 5.97 Å². The Balaban J connectivity index is 1.20. The van der Waals surface area contributed by atoms with Gasteiger partial charge in [0.15, 0.2) is 0 Å². The van der Waals surface area contributed by atoms with Gasteiger partial charge in [-0.15, -0.1) is 0 Å². The number of carbonyl (C=O) groups excluding carboxylic acids is 1. The molecule has 7 rings (SSSR count). The molecule has 4 fully saturated rings. The Bertz CT molecular complexity index is 1110. The number of nitrogens with zero attached hydrogens (tertiary/aromatic N) is 5. The SMILES string of the molecule is CCOC(=O)Cn1cc(Nc2ncc3ccn(CC45CC6CC(CC(C6)C4)C5)c3n2)cn1. The highest BCUT2D eigenvalue weighted by Gasteiger charge is 2.50. The first-order valence-corrected chi connectivity index (χ1v) is 11.8. The first-order valence-electron chi connectivity index (χ1n) is 11.8. The maximum Gasteiger partial charge on any atom is 0.327 e. The molecule has 3 aromatic heterocycles. The Morgan fingerprint density at radius 2 is 1.94 bits per heavy atom. The number of fused-ring (bicyclic) bond motifs is 1. The van der Waals surface area contributed by atoms with Crippen LogP contribution in [0.15, 0.2) is 30.9 Å². The molecule has 8 heteroatoms. The largest absolute Gasteiger partial charge is 0.465 e. The zero-order chi connectivity index (χ0) is 21.7. The highest BCUT2D eigenvalue weighted by atomic mass is 16.5. The van der Waals surface area contributed by atoms with Crippen molar-refractivity contribution in [2.45, 2.75) is 58.5 Å². The molecule has 8 nitrogen and oxygen atoms in total. The third kappa shape index (κ3) is 3.65. The van der Waals surface area contributed by atoms with Crippen LogP contribution in [0.25, 0.3) is 11.0 Å². The number of carbonyl (C=O) groups is 1. The van der Waals surface area contributed by atoms with Crippen LogP contribution >= 0.6 is 0 Å². The number of esters is 1. The van der Waals surface area contributed by atoms with Gasteiger partial charge in [-0.05, 0) is 74.7 Å². The molecule has 4 aliphatic rings. The van der Waals surface area contributed by atoms with E-state index in [9.17, 15) is 4.79 Å². The third-order valence-electron chi connectivity index (χ3n) is 7.66. The van der Waals surface area contributed by atoms with Gasteiger partial charge in [0.1, 0.15) is 12.2 Å². The summed E-state index contributed by atoms with van der Waals surface area (Å²) < 4.78 is 8.87. The van der Waals surface area contributed by atoms with Crippen molar-refractivity contribution in [1.82, 2.24) is 24.3 Å². The Labute approximate surface area is 187 Å². The predicted molar refractivity (Wildman–Crippen MR) is 120 cm³/mol. The molecule has 4 saturated carbocycles. The summed E-state index contributed by atoms with van der Waals surface area (Å²) in [6, 6.07) is 2.12. The summed E-state index contributed by atoms with van der Waals surface area (Å²) in [5.74, 6) is 3.07. The molecular weight excluding hydrogens is 404 g/mol. The van der Waals surface area contributed by atoms with Gasteiger partial charge in [0.05, 0.1) is 18.5 Å². The second-order valence-corrected chi connectivity index (χ2v) is 10.2. The quantitative estimate of drug-likeness (QED) is 0.562. The zero-order valence-corrected chi connectivity index (χ0v) is 18.5. The van der Waals surface area contributed by atoms with Crippen LogP contribution in [0.2, 0.25) is 0 Å². The lowest BCUT2D eigenvalue weighted by atomic mass is 9.49. The van der Waals surface area contributed by atoms with Crippen molar-refractivity contribution in [3.05, 3.63) is 30.9 Å². The molecule has 32 heavy (non-hydrogen) atoms. The van der Waals surface area contributed by atoms with Gasteiger partial charge in [-0.2, -0.15) is 10.1 Å². The molecule has 0 unspecified atom stereocenters. The van der Waals surface area contributed by atoms with Crippen LogP contribution in [0.3, 0.4) is 0 Å². The molecule has 4 aliphatic carbocycles. The van der Waals surface area contributed by atoms with Gasteiger partial charge in [0.25, 0.3) is 0 Å². The summed E-state index contributed by atoms with van der Waals surface area (Å²) in [5.41, 5.74) is 2.18. The maximum atomic E-state index is 11.7. The second-order valence-electron chi connectivity index (χ2n) is 10.2. The van der Waals surface area contributed by atoms with Gasteiger partial charge in [-0.1, -0.05) is 0 Å². The van der Waals surface area contributed by atoms with Gasteiger partial charge in [0.2, 0.25) is 5.95 Å². The van der Waals surface area contributed by atoms with Crippen molar-refractivity contribution in [1.29, 1.82) is 0 Å². The highest BCUT2D eigenvalue weighted by molar-refractivity contribution is 5.76. The molecule has 0 aliphatic heterocycles. The minimum atomic E-state index is -0.303. The molecular formula is C24H30N6O2. The fourth-order valence-electron chi connectivity index (χ4n) is 6.99.